The molecule has 9 nitrogen and oxygen atoms in total. The highest BCUT2D eigenvalue weighted by Gasteiger charge is 2.36. The van der Waals surface area contributed by atoms with E-state index in [4.69, 9.17) is 4.74 Å². The quantitative estimate of drug-likeness (QED) is 0.541. The topological polar surface area (TPSA) is 126 Å². The SMILES string of the molecule is CCC1Oc2ccc([N+](=O)[O-])cc2N(CC(=O)Nc2sc3c(c2C#N)CCC(C)C3)C1=O. The Kier molecular flexibility index (Phi) is 5.84. The van der Waals surface area contributed by atoms with E-state index in [9.17, 15) is 25.0 Å². The van der Waals surface area contributed by atoms with E-state index in [1.54, 1.807) is 6.92 Å². The minimum atomic E-state index is -0.776. The zero-order chi connectivity index (χ0) is 23.0. The molecule has 2 amide bonds. The maximum atomic E-state index is 12.9. The van der Waals surface area contributed by atoms with Gasteiger partial charge in [-0.3, -0.25) is 24.6 Å². The van der Waals surface area contributed by atoms with E-state index in [1.807, 2.05) is 0 Å². The highest BCUT2D eigenvalue weighted by molar-refractivity contribution is 7.16. The summed E-state index contributed by atoms with van der Waals surface area (Å²) in [5, 5.41) is 24.1. The van der Waals surface area contributed by atoms with Gasteiger partial charge in [-0.25, -0.2) is 0 Å². The lowest BCUT2D eigenvalue weighted by molar-refractivity contribution is -0.384. The van der Waals surface area contributed by atoms with Crippen LogP contribution in [0.2, 0.25) is 0 Å². The summed E-state index contributed by atoms with van der Waals surface area (Å²) < 4.78 is 5.67. The fraction of sp³-hybridized carbons (Fsp3) is 0.409. The summed E-state index contributed by atoms with van der Waals surface area (Å²) in [6.07, 6.45) is 2.30. The summed E-state index contributed by atoms with van der Waals surface area (Å²) in [5.41, 5.74) is 1.47. The average Bonchev–Trinajstić information content (AvgIpc) is 3.10. The number of amides is 2. The Hall–Kier alpha value is -3.45. The molecule has 166 valence electrons. The minimum Gasteiger partial charge on any atom is -0.478 e. The number of carbonyl (C=O) groups is 2. The van der Waals surface area contributed by atoms with Gasteiger partial charge in [-0.05, 0) is 43.2 Å². The van der Waals surface area contributed by atoms with Gasteiger partial charge in [0.2, 0.25) is 5.91 Å². The van der Waals surface area contributed by atoms with Crippen molar-refractivity contribution >= 4 is 39.5 Å². The van der Waals surface area contributed by atoms with Crippen LogP contribution < -0.4 is 15.0 Å². The largest absolute Gasteiger partial charge is 0.478 e. The van der Waals surface area contributed by atoms with Crippen LogP contribution in [0.15, 0.2) is 18.2 Å². The first kappa shape index (κ1) is 21.8. The molecule has 1 aliphatic carbocycles. The summed E-state index contributed by atoms with van der Waals surface area (Å²) >= 11 is 1.41. The van der Waals surface area contributed by atoms with Gasteiger partial charge in [0.1, 0.15) is 23.4 Å². The van der Waals surface area contributed by atoms with Crippen LogP contribution in [0.3, 0.4) is 0 Å². The fourth-order valence-electron chi connectivity index (χ4n) is 4.11. The summed E-state index contributed by atoms with van der Waals surface area (Å²) in [6, 6.07) is 6.18. The number of nitriles is 1. The number of fused-ring (bicyclic) bond motifs is 2. The molecule has 4 rings (SSSR count). The number of benzene rings is 1. The highest BCUT2D eigenvalue weighted by atomic mass is 32.1. The van der Waals surface area contributed by atoms with Crippen molar-refractivity contribution < 1.29 is 19.2 Å². The Morgan fingerprint density at radius 1 is 1.47 bits per heavy atom. The lowest BCUT2D eigenvalue weighted by Crippen LogP contribution is -2.48. The van der Waals surface area contributed by atoms with Crippen LogP contribution in [0.1, 0.15) is 42.7 Å². The third-order valence-electron chi connectivity index (χ3n) is 5.80. The number of carbonyl (C=O) groups excluding carboxylic acids is 2. The average molecular weight is 455 g/mol. The number of thiophene rings is 1. The van der Waals surface area contributed by atoms with Gasteiger partial charge < -0.3 is 10.1 Å². The van der Waals surface area contributed by atoms with E-state index in [2.05, 4.69) is 18.3 Å². The zero-order valence-corrected chi connectivity index (χ0v) is 18.5. The molecule has 1 N–H and O–H groups in total. The zero-order valence-electron chi connectivity index (χ0n) is 17.7. The van der Waals surface area contributed by atoms with E-state index in [0.717, 1.165) is 29.7 Å². The van der Waals surface area contributed by atoms with Crippen LogP contribution in [0.5, 0.6) is 5.75 Å². The first-order valence-electron chi connectivity index (χ1n) is 10.4. The van der Waals surface area contributed by atoms with Crippen LogP contribution in [0, 0.1) is 27.4 Å². The number of nitrogens with one attached hydrogen (secondary N) is 1. The molecule has 32 heavy (non-hydrogen) atoms. The molecule has 0 saturated carbocycles. The molecule has 10 heteroatoms. The molecule has 1 aliphatic heterocycles. The number of rotatable bonds is 5. The smallest absolute Gasteiger partial charge is 0.271 e. The summed E-state index contributed by atoms with van der Waals surface area (Å²) in [5.74, 6) is -0.0696. The van der Waals surface area contributed by atoms with Crippen molar-refractivity contribution in [3.63, 3.8) is 0 Å². The number of hydrogen-bond donors (Lipinski definition) is 1. The van der Waals surface area contributed by atoms with Crippen molar-refractivity contribution in [2.75, 3.05) is 16.8 Å². The standard InChI is InChI=1S/C22H22N4O5S/c1-3-17-22(28)25(16-9-13(26(29)30)5-7-18(16)31-17)11-20(27)24-21-15(10-23)14-6-4-12(2)8-19(14)32-21/h5,7,9,12,17H,3-4,6,8,11H2,1-2H3,(H,24,27). The second-order valence-corrected chi connectivity index (χ2v) is 9.17. The van der Waals surface area contributed by atoms with Crippen LogP contribution in [0.4, 0.5) is 16.4 Å². The molecule has 0 spiro atoms. The first-order valence-corrected chi connectivity index (χ1v) is 11.2. The van der Waals surface area contributed by atoms with Gasteiger partial charge in [-0.2, -0.15) is 5.26 Å². The molecule has 0 bridgehead atoms. The molecule has 2 heterocycles. The van der Waals surface area contributed by atoms with Crippen molar-refractivity contribution in [2.45, 2.75) is 45.6 Å². The normalized spacial score (nSPS) is 19.4. The predicted octanol–water partition coefficient (Wildman–Crippen LogP) is 3.80. The molecule has 2 atom stereocenters. The molecular formula is C22H22N4O5S. The molecule has 0 saturated heterocycles. The summed E-state index contributed by atoms with van der Waals surface area (Å²) in [4.78, 5) is 38.8. The maximum absolute atomic E-state index is 12.9. The number of ether oxygens (including phenoxy) is 1. The van der Waals surface area contributed by atoms with Gasteiger partial charge in [0.05, 0.1) is 16.2 Å². The summed E-state index contributed by atoms with van der Waals surface area (Å²) in [6.45, 7) is 3.61. The van der Waals surface area contributed by atoms with Gasteiger partial charge in [0.15, 0.2) is 6.10 Å². The lowest BCUT2D eigenvalue weighted by Gasteiger charge is -2.33. The molecule has 1 aromatic carbocycles. The van der Waals surface area contributed by atoms with Crippen molar-refractivity contribution in [1.82, 2.24) is 0 Å². The Morgan fingerprint density at radius 3 is 2.94 bits per heavy atom. The Bertz CT molecular complexity index is 1150. The van der Waals surface area contributed by atoms with Gasteiger partial charge in [-0.1, -0.05) is 13.8 Å². The lowest BCUT2D eigenvalue weighted by atomic mass is 9.89. The monoisotopic (exact) mass is 454 g/mol. The van der Waals surface area contributed by atoms with Crippen molar-refractivity contribution in [1.29, 1.82) is 5.26 Å². The fourth-order valence-corrected chi connectivity index (χ4v) is 5.49. The summed E-state index contributed by atoms with van der Waals surface area (Å²) in [7, 11) is 0. The molecule has 2 unspecified atom stereocenters. The Labute approximate surface area is 188 Å². The third-order valence-corrected chi connectivity index (χ3v) is 6.97. The van der Waals surface area contributed by atoms with Crippen LogP contribution in [-0.4, -0.2) is 29.4 Å². The van der Waals surface area contributed by atoms with Crippen molar-refractivity contribution in [3.8, 4) is 11.8 Å². The number of nitrogens with zero attached hydrogens (tertiary/aromatic N) is 3. The second kappa shape index (κ2) is 8.59. The molecule has 0 fully saturated rings. The molecule has 0 radical (unpaired) electrons. The number of nitro benzene ring substituents is 1. The van der Waals surface area contributed by atoms with Gasteiger partial charge in [0, 0.05) is 17.0 Å². The van der Waals surface area contributed by atoms with E-state index >= 15 is 0 Å². The second-order valence-electron chi connectivity index (χ2n) is 8.06. The van der Waals surface area contributed by atoms with Gasteiger partial charge in [-0.15, -0.1) is 11.3 Å². The maximum Gasteiger partial charge on any atom is 0.271 e. The van der Waals surface area contributed by atoms with Crippen molar-refractivity contribution in [3.05, 3.63) is 44.3 Å². The molecule has 1 aromatic heterocycles. The van der Waals surface area contributed by atoms with E-state index < -0.39 is 22.8 Å². The number of nitro groups is 1. The van der Waals surface area contributed by atoms with Crippen LogP contribution in [-0.2, 0) is 22.4 Å². The minimum absolute atomic E-state index is 0.184. The first-order chi connectivity index (χ1) is 15.3. The third kappa shape index (κ3) is 3.91. The number of anilines is 2. The molecule has 2 aliphatic rings. The highest BCUT2D eigenvalue weighted by Crippen LogP contribution is 2.40. The van der Waals surface area contributed by atoms with E-state index in [1.165, 1.54) is 34.4 Å². The predicted molar refractivity (Wildman–Crippen MR) is 119 cm³/mol. The Balaban J connectivity index is 1.61. The number of hydrogen-bond acceptors (Lipinski definition) is 7. The molecular weight excluding hydrogens is 432 g/mol. The van der Waals surface area contributed by atoms with Crippen LogP contribution >= 0.6 is 11.3 Å². The van der Waals surface area contributed by atoms with Crippen molar-refractivity contribution in [2.24, 2.45) is 5.92 Å². The van der Waals surface area contributed by atoms with Gasteiger partial charge >= 0.3 is 0 Å². The van der Waals surface area contributed by atoms with Gasteiger partial charge in [0.25, 0.3) is 11.6 Å². The van der Waals surface area contributed by atoms with E-state index in [-0.39, 0.29) is 17.9 Å². The van der Waals surface area contributed by atoms with E-state index in [0.29, 0.717) is 28.7 Å². The Morgan fingerprint density at radius 2 is 2.25 bits per heavy atom. The molecule has 2 aromatic rings. The van der Waals surface area contributed by atoms with Crippen LogP contribution in [0.25, 0.3) is 0 Å². The number of non-ortho nitro benzene ring substituents is 1.